The molecule has 0 radical (unpaired) electrons. The first-order valence-corrected chi connectivity index (χ1v) is 6.76. The molecular weight excluding hydrogens is 240 g/mol. The normalized spacial score (nSPS) is 11.7. The summed E-state index contributed by atoms with van der Waals surface area (Å²) < 4.78 is 0. The van der Waals surface area contributed by atoms with Gasteiger partial charge in [-0.05, 0) is 25.5 Å². The van der Waals surface area contributed by atoms with E-state index >= 15 is 0 Å². The lowest BCUT2D eigenvalue weighted by Crippen LogP contribution is -2.37. The zero-order valence-corrected chi connectivity index (χ0v) is 11.6. The fourth-order valence-corrected chi connectivity index (χ4v) is 1.70. The zero-order valence-electron chi connectivity index (χ0n) is 11.6. The summed E-state index contributed by atoms with van der Waals surface area (Å²) in [5.74, 6) is -0.163. The van der Waals surface area contributed by atoms with Crippen molar-refractivity contribution in [3.63, 3.8) is 0 Å². The molecule has 0 heterocycles. The number of benzene rings is 1. The Morgan fingerprint density at radius 3 is 2.53 bits per heavy atom. The molecule has 0 saturated carbocycles. The summed E-state index contributed by atoms with van der Waals surface area (Å²) in [6.07, 6.45) is 2.35. The second kappa shape index (κ2) is 8.29. The molecule has 0 saturated heterocycles. The van der Waals surface area contributed by atoms with Gasteiger partial charge in [0.25, 0.3) is 5.91 Å². The summed E-state index contributed by atoms with van der Waals surface area (Å²) in [6.45, 7) is 4.61. The van der Waals surface area contributed by atoms with Crippen LogP contribution in [-0.4, -0.2) is 24.4 Å². The molecule has 104 valence electrons. The van der Waals surface area contributed by atoms with Gasteiger partial charge in [-0.3, -0.25) is 9.59 Å². The Balaban J connectivity index is 2.33. The minimum Gasteiger partial charge on any atom is -0.356 e. The second-order valence-electron chi connectivity index (χ2n) is 4.65. The number of carbonyl (C=O) groups is 2. The first kappa shape index (κ1) is 15.2. The first-order chi connectivity index (χ1) is 9.13. The Labute approximate surface area is 114 Å². The molecule has 2 amide bonds. The van der Waals surface area contributed by atoms with Crippen LogP contribution in [0, 0.1) is 0 Å². The van der Waals surface area contributed by atoms with Gasteiger partial charge in [-0.25, -0.2) is 0 Å². The van der Waals surface area contributed by atoms with Gasteiger partial charge in [0.2, 0.25) is 5.91 Å². The van der Waals surface area contributed by atoms with Crippen molar-refractivity contribution in [2.45, 2.75) is 39.2 Å². The maximum absolute atomic E-state index is 11.9. The molecule has 0 aromatic heterocycles. The van der Waals surface area contributed by atoms with Crippen molar-refractivity contribution in [1.29, 1.82) is 0 Å². The second-order valence-corrected chi connectivity index (χ2v) is 4.65. The van der Waals surface area contributed by atoms with Crippen LogP contribution in [0.15, 0.2) is 30.3 Å². The molecule has 0 aliphatic heterocycles. The molecular formula is C15H22N2O2. The Kier molecular flexibility index (Phi) is 6.64. The van der Waals surface area contributed by atoms with Crippen molar-refractivity contribution in [2.24, 2.45) is 0 Å². The van der Waals surface area contributed by atoms with Crippen LogP contribution in [0.5, 0.6) is 0 Å². The number of hydrogen-bond donors (Lipinski definition) is 2. The minimum atomic E-state index is -0.172. The molecule has 0 aliphatic rings. The van der Waals surface area contributed by atoms with Crippen molar-refractivity contribution < 1.29 is 9.59 Å². The highest BCUT2D eigenvalue weighted by molar-refractivity contribution is 5.94. The molecule has 1 rings (SSSR count). The topological polar surface area (TPSA) is 58.2 Å². The highest BCUT2D eigenvalue weighted by atomic mass is 16.2. The van der Waals surface area contributed by atoms with Crippen LogP contribution >= 0.6 is 0 Å². The van der Waals surface area contributed by atoms with Crippen molar-refractivity contribution in [3.8, 4) is 0 Å². The lowest BCUT2D eigenvalue weighted by atomic mass is 10.1. The Morgan fingerprint density at radius 1 is 1.21 bits per heavy atom. The van der Waals surface area contributed by atoms with E-state index in [2.05, 4.69) is 17.6 Å². The first-order valence-electron chi connectivity index (χ1n) is 6.76. The number of carbonyl (C=O) groups excluding carboxylic acids is 2. The lowest BCUT2D eigenvalue weighted by molar-refractivity contribution is -0.121. The smallest absolute Gasteiger partial charge is 0.251 e. The summed E-state index contributed by atoms with van der Waals surface area (Å²) >= 11 is 0. The fraction of sp³-hybridized carbons (Fsp3) is 0.467. The largest absolute Gasteiger partial charge is 0.356 e. The third-order valence-electron chi connectivity index (χ3n) is 2.76. The summed E-state index contributed by atoms with van der Waals surface area (Å²) in [6, 6.07) is 8.83. The Hall–Kier alpha value is -1.84. The highest BCUT2D eigenvalue weighted by Crippen LogP contribution is 2.00. The molecule has 1 aromatic carbocycles. The summed E-state index contributed by atoms with van der Waals surface area (Å²) in [4.78, 5) is 23.4. The lowest BCUT2D eigenvalue weighted by Gasteiger charge is -2.13. The molecule has 0 aliphatic carbocycles. The van der Waals surface area contributed by atoms with E-state index in [0.29, 0.717) is 18.5 Å². The average molecular weight is 262 g/mol. The number of nitrogens with one attached hydrogen (secondary N) is 2. The molecule has 1 unspecified atom stereocenters. The highest BCUT2D eigenvalue weighted by Gasteiger charge is 2.12. The molecule has 0 spiro atoms. The molecule has 1 aromatic rings. The molecule has 1 atom stereocenters. The SMILES string of the molecule is CCCCNC(=O)CC(C)NC(=O)c1ccccc1. The summed E-state index contributed by atoms with van der Waals surface area (Å²) in [7, 11) is 0. The van der Waals surface area contributed by atoms with Gasteiger partial charge in [0.1, 0.15) is 0 Å². The Bertz CT molecular complexity index is 404. The van der Waals surface area contributed by atoms with Gasteiger partial charge >= 0.3 is 0 Å². The van der Waals surface area contributed by atoms with Crippen molar-refractivity contribution in [1.82, 2.24) is 10.6 Å². The molecule has 4 nitrogen and oxygen atoms in total. The number of amides is 2. The van der Waals surface area contributed by atoms with Crippen LogP contribution in [0.3, 0.4) is 0 Å². The van der Waals surface area contributed by atoms with Gasteiger partial charge in [-0.2, -0.15) is 0 Å². The van der Waals surface area contributed by atoms with Crippen LogP contribution in [0.2, 0.25) is 0 Å². The van der Waals surface area contributed by atoms with E-state index < -0.39 is 0 Å². The number of hydrogen-bond acceptors (Lipinski definition) is 2. The van der Waals surface area contributed by atoms with Crippen molar-refractivity contribution >= 4 is 11.8 Å². The summed E-state index contributed by atoms with van der Waals surface area (Å²) in [5.41, 5.74) is 0.612. The van der Waals surface area contributed by atoms with Gasteiger partial charge in [0.05, 0.1) is 0 Å². The van der Waals surface area contributed by atoms with Gasteiger partial charge in [0, 0.05) is 24.6 Å². The van der Waals surface area contributed by atoms with Gasteiger partial charge in [-0.1, -0.05) is 31.5 Å². The quantitative estimate of drug-likeness (QED) is 0.739. The van der Waals surface area contributed by atoms with E-state index in [9.17, 15) is 9.59 Å². The standard InChI is InChI=1S/C15H22N2O2/c1-3-4-10-16-14(18)11-12(2)17-15(19)13-8-6-5-7-9-13/h5-9,12H,3-4,10-11H2,1-2H3,(H,16,18)(H,17,19). The third-order valence-corrected chi connectivity index (χ3v) is 2.76. The Morgan fingerprint density at radius 2 is 1.89 bits per heavy atom. The zero-order chi connectivity index (χ0) is 14.1. The van der Waals surface area contributed by atoms with E-state index in [1.165, 1.54) is 0 Å². The van der Waals surface area contributed by atoms with Gasteiger partial charge < -0.3 is 10.6 Å². The molecule has 2 N–H and O–H groups in total. The molecule has 0 fully saturated rings. The van der Waals surface area contributed by atoms with Crippen molar-refractivity contribution in [2.75, 3.05) is 6.54 Å². The predicted molar refractivity (Wildman–Crippen MR) is 75.9 cm³/mol. The number of rotatable bonds is 7. The predicted octanol–water partition coefficient (Wildman–Crippen LogP) is 2.11. The van der Waals surface area contributed by atoms with Crippen LogP contribution in [0.1, 0.15) is 43.5 Å². The molecule has 4 heteroatoms. The maximum Gasteiger partial charge on any atom is 0.251 e. The van der Waals surface area contributed by atoms with Crippen LogP contribution in [-0.2, 0) is 4.79 Å². The van der Waals surface area contributed by atoms with E-state index in [0.717, 1.165) is 12.8 Å². The minimum absolute atomic E-state index is 0.0192. The summed E-state index contributed by atoms with van der Waals surface area (Å²) in [5, 5.41) is 5.65. The van der Waals surface area contributed by atoms with Crippen molar-refractivity contribution in [3.05, 3.63) is 35.9 Å². The molecule has 19 heavy (non-hydrogen) atoms. The average Bonchev–Trinajstić information content (AvgIpc) is 2.39. The fourth-order valence-electron chi connectivity index (χ4n) is 1.70. The van der Waals surface area contributed by atoms with Crippen LogP contribution in [0.4, 0.5) is 0 Å². The van der Waals surface area contributed by atoms with Gasteiger partial charge in [0.15, 0.2) is 0 Å². The van der Waals surface area contributed by atoms with E-state index in [1.807, 2.05) is 25.1 Å². The third kappa shape index (κ3) is 6.04. The van der Waals surface area contributed by atoms with E-state index in [4.69, 9.17) is 0 Å². The maximum atomic E-state index is 11.9. The van der Waals surface area contributed by atoms with E-state index in [-0.39, 0.29) is 17.9 Å². The molecule has 0 bridgehead atoms. The van der Waals surface area contributed by atoms with E-state index in [1.54, 1.807) is 12.1 Å². The van der Waals surface area contributed by atoms with Crippen LogP contribution in [0.25, 0.3) is 0 Å². The monoisotopic (exact) mass is 262 g/mol. The van der Waals surface area contributed by atoms with Crippen LogP contribution < -0.4 is 10.6 Å². The van der Waals surface area contributed by atoms with Gasteiger partial charge in [-0.15, -0.1) is 0 Å². The number of unbranched alkanes of at least 4 members (excludes halogenated alkanes) is 1.